The van der Waals surface area contributed by atoms with E-state index in [0.29, 0.717) is 5.56 Å². The topological polar surface area (TPSA) is 63.3 Å². The Morgan fingerprint density at radius 1 is 1.12 bits per heavy atom. The monoisotopic (exact) mass is 245 g/mol. The third kappa shape index (κ3) is 2.79. The van der Waals surface area contributed by atoms with E-state index < -0.39 is 5.91 Å². The van der Waals surface area contributed by atoms with Gasteiger partial charge in [0.15, 0.2) is 0 Å². The minimum absolute atomic E-state index is 0.201. The Balaban J connectivity index is 2.33. The highest BCUT2D eigenvalue weighted by Gasteiger charge is 2.08. The molecule has 1 amide bonds. The van der Waals surface area contributed by atoms with Crippen molar-refractivity contribution in [2.75, 3.05) is 0 Å². The van der Waals surface area contributed by atoms with Gasteiger partial charge in [-0.15, -0.1) is 0 Å². The number of aromatic hydroxyl groups is 1. The number of phenols is 1. The fourth-order valence-corrected chi connectivity index (χ4v) is 2.44. The van der Waals surface area contributed by atoms with Crippen molar-refractivity contribution >= 4 is 17.7 Å². The zero-order valence-electron chi connectivity index (χ0n) is 8.96. The number of carbonyl (C=O) groups is 1. The molecule has 0 aliphatic carbocycles. The van der Waals surface area contributed by atoms with Crippen LogP contribution in [-0.4, -0.2) is 11.0 Å². The maximum Gasteiger partial charge on any atom is 0.249 e. The molecule has 2 aromatic carbocycles. The predicted molar refractivity (Wildman–Crippen MR) is 67.2 cm³/mol. The summed E-state index contributed by atoms with van der Waals surface area (Å²) in [4.78, 5) is 12.9. The number of hydrogen-bond acceptors (Lipinski definition) is 3. The molecule has 3 nitrogen and oxygen atoms in total. The van der Waals surface area contributed by atoms with Crippen LogP contribution in [0.2, 0.25) is 0 Å². The van der Waals surface area contributed by atoms with Crippen LogP contribution in [0.25, 0.3) is 0 Å². The van der Waals surface area contributed by atoms with Gasteiger partial charge in [-0.3, -0.25) is 4.79 Å². The molecule has 0 fully saturated rings. The van der Waals surface area contributed by atoms with Gasteiger partial charge >= 0.3 is 0 Å². The standard InChI is InChI=1S/C13H11NO2S/c14-13(16)11-6-1-2-7-12(11)17-10-5-3-4-9(15)8-10/h1-8,15H,(H2,14,16). The lowest BCUT2D eigenvalue weighted by Crippen LogP contribution is -2.11. The van der Waals surface area contributed by atoms with Crippen molar-refractivity contribution in [1.82, 2.24) is 0 Å². The third-order valence-electron chi connectivity index (χ3n) is 2.20. The van der Waals surface area contributed by atoms with E-state index in [1.54, 1.807) is 30.3 Å². The van der Waals surface area contributed by atoms with Crippen LogP contribution in [-0.2, 0) is 0 Å². The lowest BCUT2D eigenvalue weighted by Gasteiger charge is -2.06. The molecule has 0 atom stereocenters. The molecule has 2 aromatic rings. The van der Waals surface area contributed by atoms with Crippen molar-refractivity contribution in [3.05, 3.63) is 54.1 Å². The van der Waals surface area contributed by atoms with Crippen molar-refractivity contribution in [3.8, 4) is 5.75 Å². The van der Waals surface area contributed by atoms with Crippen molar-refractivity contribution in [2.24, 2.45) is 5.73 Å². The minimum atomic E-state index is -0.451. The quantitative estimate of drug-likeness (QED) is 0.873. The van der Waals surface area contributed by atoms with Crippen molar-refractivity contribution in [1.29, 1.82) is 0 Å². The van der Waals surface area contributed by atoms with Crippen LogP contribution in [0.5, 0.6) is 5.75 Å². The molecule has 0 heterocycles. The van der Waals surface area contributed by atoms with Gasteiger partial charge in [-0.2, -0.15) is 0 Å². The molecule has 0 saturated heterocycles. The second kappa shape index (κ2) is 4.93. The molecule has 4 heteroatoms. The SMILES string of the molecule is NC(=O)c1ccccc1Sc1cccc(O)c1. The van der Waals surface area contributed by atoms with Gasteiger partial charge in [-0.1, -0.05) is 30.0 Å². The molecule has 2 rings (SSSR count). The van der Waals surface area contributed by atoms with Crippen molar-refractivity contribution < 1.29 is 9.90 Å². The van der Waals surface area contributed by atoms with E-state index in [1.165, 1.54) is 11.8 Å². The van der Waals surface area contributed by atoms with E-state index in [4.69, 9.17) is 5.73 Å². The molecule has 0 saturated carbocycles. The Labute approximate surface area is 103 Å². The Morgan fingerprint density at radius 3 is 2.59 bits per heavy atom. The highest BCUT2D eigenvalue weighted by molar-refractivity contribution is 7.99. The highest BCUT2D eigenvalue weighted by atomic mass is 32.2. The Kier molecular flexibility index (Phi) is 3.35. The molecule has 0 aromatic heterocycles. The van der Waals surface area contributed by atoms with Crippen LogP contribution >= 0.6 is 11.8 Å². The van der Waals surface area contributed by atoms with Gasteiger partial charge in [0, 0.05) is 9.79 Å². The fourth-order valence-electron chi connectivity index (χ4n) is 1.43. The molecule has 3 N–H and O–H groups in total. The first-order chi connectivity index (χ1) is 8.16. The number of amides is 1. The average molecular weight is 245 g/mol. The van der Waals surface area contributed by atoms with E-state index in [9.17, 15) is 9.90 Å². The van der Waals surface area contributed by atoms with Crippen molar-refractivity contribution in [3.63, 3.8) is 0 Å². The molecule has 0 aliphatic heterocycles. The summed E-state index contributed by atoms with van der Waals surface area (Å²) in [6, 6.07) is 14.0. The first-order valence-corrected chi connectivity index (χ1v) is 5.84. The number of phenolic OH excluding ortho intramolecular Hbond substituents is 1. The second-order valence-electron chi connectivity index (χ2n) is 3.46. The number of benzene rings is 2. The maximum atomic E-state index is 11.2. The van der Waals surface area contributed by atoms with E-state index in [0.717, 1.165) is 9.79 Å². The minimum Gasteiger partial charge on any atom is -0.508 e. The first-order valence-electron chi connectivity index (χ1n) is 5.02. The van der Waals surface area contributed by atoms with Gasteiger partial charge in [-0.25, -0.2) is 0 Å². The van der Waals surface area contributed by atoms with Gasteiger partial charge in [0.05, 0.1) is 5.56 Å². The molecular weight excluding hydrogens is 234 g/mol. The van der Waals surface area contributed by atoms with E-state index in [1.807, 2.05) is 18.2 Å². The Morgan fingerprint density at radius 2 is 1.88 bits per heavy atom. The van der Waals surface area contributed by atoms with E-state index in [-0.39, 0.29) is 5.75 Å². The molecule has 17 heavy (non-hydrogen) atoms. The van der Waals surface area contributed by atoms with Crippen LogP contribution in [0.3, 0.4) is 0 Å². The highest BCUT2D eigenvalue weighted by Crippen LogP contribution is 2.31. The van der Waals surface area contributed by atoms with Crippen LogP contribution < -0.4 is 5.73 Å². The van der Waals surface area contributed by atoms with E-state index >= 15 is 0 Å². The lowest BCUT2D eigenvalue weighted by molar-refractivity contribution is 0.0997. The zero-order valence-corrected chi connectivity index (χ0v) is 9.78. The molecule has 86 valence electrons. The zero-order chi connectivity index (χ0) is 12.3. The summed E-state index contributed by atoms with van der Waals surface area (Å²) in [7, 11) is 0. The van der Waals surface area contributed by atoms with Gasteiger partial charge in [0.2, 0.25) is 5.91 Å². The smallest absolute Gasteiger partial charge is 0.249 e. The second-order valence-corrected chi connectivity index (χ2v) is 4.58. The molecule has 0 unspecified atom stereocenters. The molecule has 0 aliphatic rings. The Hall–Kier alpha value is -1.94. The summed E-state index contributed by atoms with van der Waals surface area (Å²) in [6.45, 7) is 0. The van der Waals surface area contributed by atoms with Gasteiger partial charge in [-0.05, 0) is 30.3 Å². The summed E-state index contributed by atoms with van der Waals surface area (Å²) in [5.41, 5.74) is 5.78. The Bertz CT molecular complexity index is 555. The number of primary amides is 1. The van der Waals surface area contributed by atoms with Gasteiger partial charge < -0.3 is 10.8 Å². The summed E-state index contributed by atoms with van der Waals surface area (Å²) < 4.78 is 0. The van der Waals surface area contributed by atoms with Crippen LogP contribution in [0.4, 0.5) is 0 Å². The third-order valence-corrected chi connectivity index (χ3v) is 3.26. The largest absolute Gasteiger partial charge is 0.508 e. The van der Waals surface area contributed by atoms with Gasteiger partial charge in [0.25, 0.3) is 0 Å². The van der Waals surface area contributed by atoms with Gasteiger partial charge in [0.1, 0.15) is 5.75 Å². The summed E-state index contributed by atoms with van der Waals surface area (Å²) in [6.07, 6.45) is 0. The molecule has 0 bridgehead atoms. The molecule has 0 spiro atoms. The molecular formula is C13H11NO2S. The first kappa shape index (κ1) is 11.5. The predicted octanol–water partition coefficient (Wildman–Crippen LogP) is 2.64. The molecule has 0 radical (unpaired) electrons. The number of carbonyl (C=O) groups excluding carboxylic acids is 1. The number of rotatable bonds is 3. The normalized spacial score (nSPS) is 10.1. The number of hydrogen-bond donors (Lipinski definition) is 2. The van der Waals surface area contributed by atoms with Crippen molar-refractivity contribution in [2.45, 2.75) is 9.79 Å². The summed E-state index contributed by atoms with van der Waals surface area (Å²) >= 11 is 1.40. The number of nitrogens with two attached hydrogens (primary N) is 1. The van der Waals surface area contributed by atoms with Crippen LogP contribution in [0, 0.1) is 0 Å². The summed E-state index contributed by atoms with van der Waals surface area (Å²) in [5.74, 6) is -0.250. The fraction of sp³-hybridized carbons (Fsp3) is 0. The van der Waals surface area contributed by atoms with Crippen LogP contribution in [0.1, 0.15) is 10.4 Å². The maximum absolute atomic E-state index is 11.2. The summed E-state index contributed by atoms with van der Waals surface area (Å²) in [5, 5.41) is 9.36. The average Bonchev–Trinajstić information content (AvgIpc) is 2.29. The van der Waals surface area contributed by atoms with E-state index in [2.05, 4.69) is 0 Å². The van der Waals surface area contributed by atoms with Crippen LogP contribution in [0.15, 0.2) is 58.3 Å². The lowest BCUT2D eigenvalue weighted by atomic mass is 10.2.